The number of anilines is 1. The van der Waals surface area contributed by atoms with E-state index in [-0.39, 0.29) is 6.61 Å². The van der Waals surface area contributed by atoms with E-state index < -0.39 is 17.8 Å². The van der Waals surface area contributed by atoms with Gasteiger partial charge in [0.15, 0.2) is 6.61 Å². The van der Waals surface area contributed by atoms with Gasteiger partial charge in [-0.05, 0) is 61.4 Å². The maximum atomic E-state index is 12.3. The van der Waals surface area contributed by atoms with Gasteiger partial charge in [0.25, 0.3) is 5.91 Å². The average Bonchev–Trinajstić information content (AvgIpc) is 3.10. The average molecular weight is 401 g/mol. The third kappa shape index (κ3) is 4.59. The molecule has 1 atom stereocenters. The Balaban J connectivity index is 1.59. The Morgan fingerprint density at radius 2 is 2.00 bits per heavy atom. The quantitative estimate of drug-likeness (QED) is 0.772. The van der Waals surface area contributed by atoms with E-state index in [1.165, 1.54) is 35.0 Å². The third-order valence-electron chi connectivity index (χ3n) is 4.80. The molecule has 0 fully saturated rings. The fourth-order valence-electron chi connectivity index (χ4n) is 3.20. The number of carbonyl (C=O) groups excluding carboxylic acids is 3. The first-order valence-corrected chi connectivity index (χ1v) is 9.96. The number of methoxy groups -OCH3 is 1. The second kappa shape index (κ2) is 8.56. The number of aryl methyl sites for hydroxylation is 2. The Bertz CT molecular complexity index is 918. The Labute approximate surface area is 167 Å². The van der Waals surface area contributed by atoms with Crippen molar-refractivity contribution in [1.82, 2.24) is 0 Å². The molecule has 1 aromatic heterocycles. The minimum Gasteiger partial charge on any atom is -0.465 e. The molecule has 2 aromatic rings. The molecular weight excluding hydrogens is 378 g/mol. The standard InChI is InChI=1S/C21H23NO5S/c1-12-4-7-17-15(8-12)10-18(28-17)21(25)27-11-19(23)22-16-9-14(20(24)26-3)6-5-13(16)2/h5-6,9-10,12H,4,7-8,11H2,1-3H3,(H,22,23)/t12-/m1/s1. The zero-order valence-corrected chi connectivity index (χ0v) is 17.0. The van der Waals surface area contributed by atoms with Crippen LogP contribution in [-0.4, -0.2) is 31.6 Å². The number of amides is 1. The molecule has 0 unspecified atom stereocenters. The van der Waals surface area contributed by atoms with Crippen molar-refractivity contribution < 1.29 is 23.9 Å². The normalized spacial score (nSPS) is 15.5. The van der Waals surface area contributed by atoms with Crippen LogP contribution in [0.1, 0.15) is 49.4 Å². The van der Waals surface area contributed by atoms with E-state index in [0.717, 1.165) is 24.8 Å². The summed E-state index contributed by atoms with van der Waals surface area (Å²) in [5.74, 6) is -0.811. The maximum Gasteiger partial charge on any atom is 0.348 e. The molecule has 0 aliphatic heterocycles. The molecule has 1 heterocycles. The molecule has 1 aliphatic carbocycles. The first kappa shape index (κ1) is 20.1. The Kier molecular flexibility index (Phi) is 6.14. The van der Waals surface area contributed by atoms with Gasteiger partial charge in [0.1, 0.15) is 4.88 Å². The lowest BCUT2D eigenvalue weighted by atomic mass is 9.90. The van der Waals surface area contributed by atoms with Crippen LogP contribution in [0.5, 0.6) is 0 Å². The van der Waals surface area contributed by atoms with Crippen LogP contribution in [0.15, 0.2) is 24.3 Å². The third-order valence-corrected chi connectivity index (χ3v) is 6.01. The summed E-state index contributed by atoms with van der Waals surface area (Å²) >= 11 is 1.45. The van der Waals surface area contributed by atoms with Crippen LogP contribution in [0.25, 0.3) is 0 Å². The fraction of sp³-hybridized carbons (Fsp3) is 0.381. The van der Waals surface area contributed by atoms with Gasteiger partial charge in [0, 0.05) is 10.6 Å². The minimum absolute atomic E-state index is 0.332. The van der Waals surface area contributed by atoms with Gasteiger partial charge < -0.3 is 14.8 Å². The maximum absolute atomic E-state index is 12.3. The summed E-state index contributed by atoms with van der Waals surface area (Å²) in [6.45, 7) is 3.62. The summed E-state index contributed by atoms with van der Waals surface area (Å²) in [5, 5.41) is 2.67. The van der Waals surface area contributed by atoms with Crippen molar-refractivity contribution in [3.8, 4) is 0 Å². The summed E-state index contributed by atoms with van der Waals surface area (Å²) in [7, 11) is 1.29. The van der Waals surface area contributed by atoms with E-state index in [2.05, 4.69) is 17.0 Å². The fourth-order valence-corrected chi connectivity index (χ4v) is 4.30. The number of fused-ring (bicyclic) bond motifs is 1. The minimum atomic E-state index is -0.488. The lowest BCUT2D eigenvalue weighted by Crippen LogP contribution is -2.21. The second-order valence-electron chi connectivity index (χ2n) is 7.05. The smallest absolute Gasteiger partial charge is 0.348 e. The zero-order chi connectivity index (χ0) is 20.3. The molecular formula is C21H23NO5S. The molecule has 1 aromatic carbocycles. The van der Waals surface area contributed by atoms with Crippen molar-refractivity contribution in [2.45, 2.75) is 33.1 Å². The van der Waals surface area contributed by atoms with Crippen molar-refractivity contribution in [1.29, 1.82) is 0 Å². The number of hydrogen-bond donors (Lipinski definition) is 1. The summed E-state index contributed by atoms with van der Waals surface area (Å²) in [6, 6.07) is 6.76. The van der Waals surface area contributed by atoms with E-state index in [1.807, 2.05) is 6.07 Å². The van der Waals surface area contributed by atoms with Gasteiger partial charge in [-0.2, -0.15) is 0 Å². The van der Waals surface area contributed by atoms with E-state index in [4.69, 9.17) is 4.74 Å². The number of ether oxygens (including phenoxy) is 2. The highest BCUT2D eigenvalue weighted by Gasteiger charge is 2.22. The summed E-state index contributed by atoms with van der Waals surface area (Å²) in [4.78, 5) is 37.9. The van der Waals surface area contributed by atoms with Gasteiger partial charge in [-0.15, -0.1) is 11.3 Å². The molecule has 6 nitrogen and oxygen atoms in total. The molecule has 0 spiro atoms. The van der Waals surface area contributed by atoms with Crippen molar-refractivity contribution >= 4 is 34.9 Å². The Morgan fingerprint density at radius 3 is 2.75 bits per heavy atom. The molecule has 148 valence electrons. The van der Waals surface area contributed by atoms with E-state index in [1.54, 1.807) is 19.1 Å². The number of nitrogens with one attached hydrogen (secondary N) is 1. The molecule has 1 aliphatic rings. The lowest BCUT2D eigenvalue weighted by Gasteiger charge is -2.16. The summed E-state index contributed by atoms with van der Waals surface area (Å²) in [6.07, 6.45) is 3.11. The zero-order valence-electron chi connectivity index (χ0n) is 16.2. The highest BCUT2D eigenvalue weighted by Crippen LogP contribution is 2.32. The number of rotatable bonds is 5. The molecule has 7 heteroatoms. The van der Waals surface area contributed by atoms with E-state index in [9.17, 15) is 14.4 Å². The predicted octanol–water partition coefficient (Wildman–Crippen LogP) is 3.76. The second-order valence-corrected chi connectivity index (χ2v) is 8.19. The number of hydrogen-bond acceptors (Lipinski definition) is 6. The first-order chi connectivity index (χ1) is 13.4. The van der Waals surface area contributed by atoms with E-state index >= 15 is 0 Å². The summed E-state index contributed by atoms with van der Waals surface area (Å²) < 4.78 is 9.86. The summed E-state index contributed by atoms with van der Waals surface area (Å²) in [5.41, 5.74) is 2.81. The Morgan fingerprint density at radius 1 is 1.21 bits per heavy atom. The highest BCUT2D eigenvalue weighted by atomic mass is 32.1. The largest absolute Gasteiger partial charge is 0.465 e. The van der Waals surface area contributed by atoms with Crippen LogP contribution in [0.3, 0.4) is 0 Å². The van der Waals surface area contributed by atoms with Gasteiger partial charge in [-0.3, -0.25) is 4.79 Å². The number of carbonyl (C=O) groups is 3. The van der Waals surface area contributed by atoms with Crippen LogP contribution >= 0.6 is 11.3 Å². The van der Waals surface area contributed by atoms with Crippen molar-refractivity contribution in [2.24, 2.45) is 5.92 Å². The van der Waals surface area contributed by atoms with Gasteiger partial charge in [0.05, 0.1) is 12.7 Å². The molecule has 3 rings (SSSR count). The topological polar surface area (TPSA) is 81.7 Å². The van der Waals surface area contributed by atoms with Crippen molar-refractivity contribution in [3.63, 3.8) is 0 Å². The van der Waals surface area contributed by atoms with Crippen LogP contribution in [-0.2, 0) is 27.1 Å². The molecule has 1 N–H and O–H groups in total. The predicted molar refractivity (Wildman–Crippen MR) is 107 cm³/mol. The lowest BCUT2D eigenvalue weighted by molar-refractivity contribution is -0.119. The molecule has 0 saturated carbocycles. The number of esters is 2. The Hall–Kier alpha value is -2.67. The van der Waals surface area contributed by atoms with Crippen molar-refractivity contribution in [2.75, 3.05) is 19.0 Å². The van der Waals surface area contributed by atoms with Crippen LogP contribution < -0.4 is 5.32 Å². The van der Waals surface area contributed by atoms with Crippen LogP contribution in [0.4, 0.5) is 5.69 Å². The number of benzene rings is 1. The number of thiophene rings is 1. The molecule has 0 radical (unpaired) electrons. The van der Waals surface area contributed by atoms with Crippen LogP contribution in [0, 0.1) is 12.8 Å². The first-order valence-electron chi connectivity index (χ1n) is 9.15. The van der Waals surface area contributed by atoms with E-state index in [0.29, 0.717) is 22.0 Å². The SMILES string of the molecule is COC(=O)c1ccc(C)c(NC(=O)COC(=O)c2cc3c(s2)CC[C@@H](C)C3)c1. The van der Waals surface area contributed by atoms with Gasteiger partial charge in [-0.25, -0.2) is 9.59 Å². The van der Waals surface area contributed by atoms with Gasteiger partial charge in [-0.1, -0.05) is 13.0 Å². The molecule has 0 bridgehead atoms. The van der Waals surface area contributed by atoms with Gasteiger partial charge in [0.2, 0.25) is 0 Å². The van der Waals surface area contributed by atoms with Crippen LogP contribution in [0.2, 0.25) is 0 Å². The highest BCUT2D eigenvalue weighted by molar-refractivity contribution is 7.14. The van der Waals surface area contributed by atoms with Crippen molar-refractivity contribution in [3.05, 3.63) is 50.7 Å². The molecule has 1 amide bonds. The molecule has 28 heavy (non-hydrogen) atoms. The monoisotopic (exact) mass is 401 g/mol. The molecule has 0 saturated heterocycles. The van der Waals surface area contributed by atoms with Gasteiger partial charge >= 0.3 is 11.9 Å².